The van der Waals surface area contributed by atoms with Gasteiger partial charge in [0.15, 0.2) is 17.5 Å². The van der Waals surface area contributed by atoms with Crippen LogP contribution in [0.25, 0.3) is 10.8 Å². The molecule has 0 heterocycles. The number of nitrogens with zero attached hydrogens (tertiary/aromatic N) is 1. The van der Waals surface area contributed by atoms with E-state index in [0.29, 0.717) is 36.3 Å². The summed E-state index contributed by atoms with van der Waals surface area (Å²) in [5, 5.41) is 8.98. The van der Waals surface area contributed by atoms with E-state index in [4.69, 9.17) is 18.9 Å². The molecule has 2 N–H and O–H groups in total. The van der Waals surface area contributed by atoms with Gasteiger partial charge in [-0.3, -0.25) is 4.99 Å². The van der Waals surface area contributed by atoms with Gasteiger partial charge in [0.05, 0.1) is 28.4 Å². The molecule has 7 heteroatoms. The van der Waals surface area contributed by atoms with Gasteiger partial charge in [0.25, 0.3) is 0 Å². The van der Waals surface area contributed by atoms with Crippen LogP contribution in [-0.4, -0.2) is 41.4 Å². The molecule has 0 fully saturated rings. The Hall–Kier alpha value is -3.61. The summed E-state index contributed by atoms with van der Waals surface area (Å²) in [4.78, 5) is 4.31. The van der Waals surface area contributed by atoms with E-state index < -0.39 is 0 Å². The molecule has 0 spiro atoms. The maximum atomic E-state index is 5.42. The third-order valence-electron chi connectivity index (χ3n) is 4.98. The summed E-state index contributed by atoms with van der Waals surface area (Å²) in [5.41, 5.74) is 2.14. The van der Waals surface area contributed by atoms with Gasteiger partial charge in [-0.1, -0.05) is 18.2 Å². The van der Waals surface area contributed by atoms with Crippen LogP contribution in [-0.2, 0) is 13.1 Å². The highest BCUT2D eigenvalue weighted by Gasteiger charge is 2.13. The van der Waals surface area contributed by atoms with Crippen molar-refractivity contribution in [3.8, 4) is 23.0 Å². The average Bonchev–Trinajstić information content (AvgIpc) is 2.82. The molecule has 3 rings (SSSR count). The van der Waals surface area contributed by atoms with Crippen molar-refractivity contribution in [2.24, 2.45) is 4.99 Å². The molecule has 0 aliphatic rings. The second kappa shape index (κ2) is 10.4. The summed E-state index contributed by atoms with van der Waals surface area (Å²) < 4.78 is 21.5. The van der Waals surface area contributed by atoms with Crippen LogP contribution in [0.2, 0.25) is 0 Å². The molecule has 0 atom stereocenters. The van der Waals surface area contributed by atoms with Gasteiger partial charge in [0.1, 0.15) is 5.75 Å². The lowest BCUT2D eigenvalue weighted by molar-refractivity contribution is 0.323. The fourth-order valence-corrected chi connectivity index (χ4v) is 3.34. The predicted octanol–water partition coefficient (Wildman–Crippen LogP) is 3.74. The normalized spacial score (nSPS) is 11.2. The molecular weight excluding hydrogens is 394 g/mol. The second-order valence-electron chi connectivity index (χ2n) is 6.86. The largest absolute Gasteiger partial charge is 0.497 e. The lowest BCUT2D eigenvalue weighted by Crippen LogP contribution is -2.36. The van der Waals surface area contributed by atoms with E-state index in [1.807, 2.05) is 24.3 Å². The minimum atomic E-state index is 0.550. The third kappa shape index (κ3) is 5.31. The summed E-state index contributed by atoms with van der Waals surface area (Å²) in [6, 6.07) is 16.3. The molecule has 0 aliphatic heterocycles. The standard InChI is InChI=1S/C24H29N3O4/c1-25-24(27-15-17-11-21(29-3)23(31-5)22(12-17)30-4)26-14-16-6-7-19-13-20(28-2)9-8-18(19)10-16/h6-13H,14-15H2,1-5H3,(H2,25,26,27). The molecule has 3 aromatic carbocycles. The molecular formula is C24H29N3O4. The number of benzene rings is 3. The Morgan fingerprint density at radius 3 is 1.90 bits per heavy atom. The van der Waals surface area contributed by atoms with Gasteiger partial charge >= 0.3 is 0 Å². The zero-order chi connectivity index (χ0) is 22.2. The van der Waals surface area contributed by atoms with Gasteiger partial charge in [-0.2, -0.15) is 0 Å². The van der Waals surface area contributed by atoms with Crippen molar-refractivity contribution in [1.29, 1.82) is 0 Å². The Kier molecular flexibility index (Phi) is 7.43. The second-order valence-corrected chi connectivity index (χ2v) is 6.86. The quantitative estimate of drug-likeness (QED) is 0.425. The molecule has 0 radical (unpaired) electrons. The average molecular weight is 424 g/mol. The monoisotopic (exact) mass is 423 g/mol. The summed E-state index contributed by atoms with van der Waals surface area (Å²) in [7, 11) is 8.23. The van der Waals surface area contributed by atoms with E-state index in [1.54, 1.807) is 35.5 Å². The first-order valence-corrected chi connectivity index (χ1v) is 9.92. The molecule has 164 valence electrons. The highest BCUT2D eigenvalue weighted by atomic mass is 16.5. The molecule has 0 saturated heterocycles. The highest BCUT2D eigenvalue weighted by Crippen LogP contribution is 2.38. The molecule has 31 heavy (non-hydrogen) atoms. The minimum Gasteiger partial charge on any atom is -0.497 e. The van der Waals surface area contributed by atoms with E-state index in [1.165, 1.54) is 5.39 Å². The lowest BCUT2D eigenvalue weighted by Gasteiger charge is -2.16. The SMILES string of the molecule is CN=C(NCc1cc(OC)c(OC)c(OC)c1)NCc1ccc2cc(OC)ccc2c1. The number of ether oxygens (including phenoxy) is 4. The number of aliphatic imine (C=N–C) groups is 1. The van der Waals surface area contributed by atoms with E-state index >= 15 is 0 Å². The first-order valence-electron chi connectivity index (χ1n) is 9.92. The summed E-state index contributed by atoms with van der Waals surface area (Å²) in [6.07, 6.45) is 0. The topological polar surface area (TPSA) is 73.3 Å². The van der Waals surface area contributed by atoms with Crippen molar-refractivity contribution in [2.45, 2.75) is 13.1 Å². The van der Waals surface area contributed by atoms with Gasteiger partial charge in [-0.25, -0.2) is 0 Å². The van der Waals surface area contributed by atoms with Crippen LogP contribution in [0.3, 0.4) is 0 Å². The minimum absolute atomic E-state index is 0.550. The van der Waals surface area contributed by atoms with E-state index in [9.17, 15) is 0 Å². The number of methoxy groups -OCH3 is 4. The van der Waals surface area contributed by atoms with Gasteiger partial charge in [0, 0.05) is 20.1 Å². The Morgan fingerprint density at radius 1 is 0.710 bits per heavy atom. The molecule has 3 aromatic rings. The number of rotatable bonds is 8. The predicted molar refractivity (Wildman–Crippen MR) is 124 cm³/mol. The van der Waals surface area contributed by atoms with Gasteiger partial charge < -0.3 is 29.6 Å². The van der Waals surface area contributed by atoms with Gasteiger partial charge in [-0.05, 0) is 52.2 Å². The van der Waals surface area contributed by atoms with Crippen molar-refractivity contribution < 1.29 is 18.9 Å². The summed E-state index contributed by atoms with van der Waals surface area (Å²) in [6.45, 7) is 1.20. The molecule has 0 aromatic heterocycles. The van der Waals surface area contributed by atoms with Gasteiger partial charge in [0.2, 0.25) is 5.75 Å². The highest BCUT2D eigenvalue weighted by molar-refractivity contribution is 5.85. The number of guanidine groups is 1. The number of hydrogen-bond acceptors (Lipinski definition) is 5. The van der Waals surface area contributed by atoms with Crippen LogP contribution in [0.15, 0.2) is 53.5 Å². The smallest absolute Gasteiger partial charge is 0.203 e. The maximum Gasteiger partial charge on any atom is 0.203 e. The molecule has 0 saturated carbocycles. The molecule has 0 amide bonds. The fourth-order valence-electron chi connectivity index (χ4n) is 3.34. The summed E-state index contributed by atoms with van der Waals surface area (Å²) >= 11 is 0. The lowest BCUT2D eigenvalue weighted by atomic mass is 10.1. The van der Waals surface area contributed by atoms with E-state index in [0.717, 1.165) is 22.3 Å². The zero-order valence-corrected chi connectivity index (χ0v) is 18.6. The van der Waals surface area contributed by atoms with E-state index in [2.05, 4.69) is 39.9 Å². The Labute approximate surface area is 183 Å². The van der Waals surface area contributed by atoms with Crippen LogP contribution in [0.5, 0.6) is 23.0 Å². The Morgan fingerprint density at radius 2 is 1.32 bits per heavy atom. The molecule has 0 unspecified atom stereocenters. The zero-order valence-electron chi connectivity index (χ0n) is 18.6. The van der Waals surface area contributed by atoms with Crippen molar-refractivity contribution in [1.82, 2.24) is 10.6 Å². The van der Waals surface area contributed by atoms with E-state index in [-0.39, 0.29) is 0 Å². The van der Waals surface area contributed by atoms with Crippen molar-refractivity contribution in [3.63, 3.8) is 0 Å². The molecule has 0 aliphatic carbocycles. The third-order valence-corrected chi connectivity index (χ3v) is 4.98. The van der Waals surface area contributed by atoms with Gasteiger partial charge in [-0.15, -0.1) is 0 Å². The number of nitrogens with one attached hydrogen (secondary N) is 2. The fraction of sp³-hybridized carbons (Fsp3) is 0.292. The van der Waals surface area contributed by atoms with Crippen LogP contribution in [0.4, 0.5) is 0 Å². The van der Waals surface area contributed by atoms with Crippen molar-refractivity contribution in [3.05, 3.63) is 59.7 Å². The Bertz CT molecular complexity index is 1040. The van der Waals surface area contributed by atoms with Crippen molar-refractivity contribution in [2.75, 3.05) is 35.5 Å². The first-order chi connectivity index (χ1) is 15.1. The molecule has 0 bridgehead atoms. The maximum absolute atomic E-state index is 5.42. The number of fused-ring (bicyclic) bond motifs is 1. The van der Waals surface area contributed by atoms with Crippen LogP contribution >= 0.6 is 0 Å². The number of hydrogen-bond donors (Lipinski definition) is 2. The Balaban J connectivity index is 1.64. The van der Waals surface area contributed by atoms with Crippen LogP contribution in [0.1, 0.15) is 11.1 Å². The summed E-state index contributed by atoms with van der Waals surface area (Å²) in [5.74, 6) is 3.37. The first kappa shape index (κ1) is 22.1. The van der Waals surface area contributed by atoms with Crippen LogP contribution < -0.4 is 29.6 Å². The van der Waals surface area contributed by atoms with Crippen molar-refractivity contribution >= 4 is 16.7 Å². The molecule has 7 nitrogen and oxygen atoms in total. The van der Waals surface area contributed by atoms with Crippen LogP contribution in [0, 0.1) is 0 Å².